The number of carbonyl (C=O) groups is 1. The Hall–Kier alpha value is -1.94. The van der Waals surface area contributed by atoms with Crippen LogP contribution in [0.1, 0.15) is 28.1 Å². The van der Waals surface area contributed by atoms with Crippen LogP contribution in [-0.4, -0.2) is 17.6 Å². The van der Waals surface area contributed by atoms with Crippen LogP contribution in [0.2, 0.25) is 0 Å². The Morgan fingerprint density at radius 2 is 2.05 bits per heavy atom. The molecule has 0 radical (unpaired) electrons. The molecule has 0 aliphatic rings. The molecular weight excluding hydrogens is 270 g/mol. The number of hydrogen-bond donors (Lipinski definition) is 0. The predicted octanol–water partition coefficient (Wildman–Crippen LogP) is 3.73. The van der Waals surface area contributed by atoms with E-state index in [0.717, 1.165) is 22.7 Å². The molecule has 0 amide bonds. The molecule has 0 unspecified atom stereocenters. The van der Waals surface area contributed by atoms with Gasteiger partial charge in [0.15, 0.2) is 0 Å². The third-order valence-electron chi connectivity index (χ3n) is 2.76. The Labute approximate surface area is 122 Å². The summed E-state index contributed by atoms with van der Waals surface area (Å²) >= 11 is 1.64. The molecule has 0 saturated heterocycles. The Bertz CT molecular complexity index is 602. The number of esters is 1. The largest absolute Gasteiger partial charge is 0.465 e. The van der Waals surface area contributed by atoms with Gasteiger partial charge in [0.1, 0.15) is 5.01 Å². The number of thiazole rings is 1. The highest BCUT2D eigenvalue weighted by molar-refractivity contribution is 7.12. The fraction of sp³-hybridized carbons (Fsp3) is 0.250. The molecule has 0 aliphatic carbocycles. The maximum absolute atomic E-state index is 10.7. The van der Waals surface area contributed by atoms with Gasteiger partial charge < -0.3 is 4.74 Å². The van der Waals surface area contributed by atoms with Crippen LogP contribution < -0.4 is 0 Å². The van der Waals surface area contributed by atoms with Gasteiger partial charge >= 0.3 is 5.97 Å². The second kappa shape index (κ2) is 7.01. The van der Waals surface area contributed by atoms with Crippen molar-refractivity contribution in [3.8, 4) is 0 Å². The average Bonchev–Trinajstić information content (AvgIpc) is 2.78. The monoisotopic (exact) mass is 287 g/mol. The van der Waals surface area contributed by atoms with Crippen LogP contribution in [0.15, 0.2) is 30.3 Å². The van der Waals surface area contributed by atoms with Gasteiger partial charge in [0.25, 0.3) is 0 Å². The quantitative estimate of drug-likeness (QED) is 0.787. The van der Waals surface area contributed by atoms with Crippen molar-refractivity contribution in [3.05, 3.63) is 51.5 Å². The van der Waals surface area contributed by atoms with Crippen molar-refractivity contribution in [3.63, 3.8) is 0 Å². The maximum Gasteiger partial charge on any atom is 0.302 e. The molecule has 0 fully saturated rings. The highest BCUT2D eigenvalue weighted by Gasteiger charge is 2.06. The summed E-state index contributed by atoms with van der Waals surface area (Å²) in [5, 5.41) is 0.976. The Kier molecular flexibility index (Phi) is 5.07. The highest BCUT2D eigenvalue weighted by atomic mass is 32.1. The summed E-state index contributed by atoms with van der Waals surface area (Å²) in [6.07, 6.45) is 4.79. The minimum absolute atomic E-state index is 0.239. The van der Waals surface area contributed by atoms with E-state index < -0.39 is 0 Å². The van der Waals surface area contributed by atoms with E-state index in [4.69, 9.17) is 4.74 Å². The van der Waals surface area contributed by atoms with Crippen LogP contribution in [0.25, 0.3) is 12.2 Å². The molecule has 4 heteroatoms. The second-order valence-corrected chi connectivity index (χ2v) is 5.51. The number of benzene rings is 1. The van der Waals surface area contributed by atoms with Crippen LogP contribution in [0.3, 0.4) is 0 Å². The fourth-order valence-corrected chi connectivity index (χ4v) is 2.72. The normalized spacial score (nSPS) is 10.9. The van der Waals surface area contributed by atoms with Gasteiger partial charge in [-0.15, -0.1) is 11.3 Å². The average molecular weight is 287 g/mol. The van der Waals surface area contributed by atoms with Crippen molar-refractivity contribution < 1.29 is 9.53 Å². The van der Waals surface area contributed by atoms with E-state index in [1.54, 1.807) is 11.3 Å². The van der Waals surface area contributed by atoms with E-state index in [9.17, 15) is 4.79 Å². The molecule has 1 aromatic heterocycles. The van der Waals surface area contributed by atoms with E-state index in [-0.39, 0.29) is 5.97 Å². The summed E-state index contributed by atoms with van der Waals surface area (Å²) in [5.41, 5.74) is 2.16. The summed E-state index contributed by atoms with van der Waals surface area (Å²) in [6.45, 7) is 3.83. The Morgan fingerprint density at radius 3 is 2.75 bits per heavy atom. The minimum Gasteiger partial charge on any atom is -0.465 e. The van der Waals surface area contributed by atoms with E-state index in [1.165, 1.54) is 11.8 Å². The first-order valence-corrected chi connectivity index (χ1v) is 7.29. The zero-order chi connectivity index (χ0) is 14.4. The van der Waals surface area contributed by atoms with Gasteiger partial charge in [-0.05, 0) is 18.6 Å². The van der Waals surface area contributed by atoms with Gasteiger partial charge in [0.05, 0.1) is 12.3 Å². The number of carbonyl (C=O) groups excluding carboxylic acids is 1. The SMILES string of the molecule is CC(=O)OCCc1sc(/C=C/c2ccccc2)nc1C. The Morgan fingerprint density at radius 1 is 1.30 bits per heavy atom. The summed E-state index contributed by atoms with van der Waals surface area (Å²) < 4.78 is 4.96. The molecule has 0 atom stereocenters. The molecule has 104 valence electrons. The topological polar surface area (TPSA) is 39.2 Å². The van der Waals surface area contributed by atoms with Crippen LogP contribution in [0, 0.1) is 6.92 Å². The summed E-state index contributed by atoms with van der Waals surface area (Å²) in [7, 11) is 0. The molecule has 3 nitrogen and oxygen atoms in total. The number of ether oxygens (including phenoxy) is 1. The van der Waals surface area contributed by atoms with E-state index in [1.807, 2.05) is 37.3 Å². The fourth-order valence-electron chi connectivity index (χ4n) is 1.77. The lowest BCUT2D eigenvalue weighted by molar-refractivity contribution is -0.140. The number of aryl methyl sites for hydroxylation is 1. The van der Waals surface area contributed by atoms with E-state index >= 15 is 0 Å². The van der Waals surface area contributed by atoms with Crippen molar-refractivity contribution in [1.29, 1.82) is 0 Å². The molecule has 2 rings (SSSR count). The maximum atomic E-state index is 10.7. The summed E-state index contributed by atoms with van der Waals surface area (Å²) in [5.74, 6) is -0.239. The molecule has 0 N–H and O–H groups in total. The number of aromatic nitrogens is 1. The van der Waals surface area contributed by atoms with Crippen molar-refractivity contribution in [1.82, 2.24) is 4.98 Å². The van der Waals surface area contributed by atoms with Crippen molar-refractivity contribution >= 4 is 29.5 Å². The van der Waals surface area contributed by atoms with Gasteiger partial charge in [0.2, 0.25) is 0 Å². The first kappa shape index (κ1) is 14.5. The van der Waals surface area contributed by atoms with Gasteiger partial charge in [-0.2, -0.15) is 0 Å². The van der Waals surface area contributed by atoms with Crippen molar-refractivity contribution in [2.24, 2.45) is 0 Å². The lowest BCUT2D eigenvalue weighted by atomic mass is 10.2. The van der Waals surface area contributed by atoms with Crippen LogP contribution in [0.4, 0.5) is 0 Å². The first-order chi connectivity index (χ1) is 9.65. The van der Waals surface area contributed by atoms with Crippen LogP contribution in [-0.2, 0) is 16.0 Å². The number of hydrogen-bond acceptors (Lipinski definition) is 4. The van der Waals surface area contributed by atoms with E-state index in [0.29, 0.717) is 6.61 Å². The molecule has 20 heavy (non-hydrogen) atoms. The van der Waals surface area contributed by atoms with Crippen LogP contribution in [0.5, 0.6) is 0 Å². The molecule has 0 aliphatic heterocycles. The van der Waals surface area contributed by atoms with Crippen molar-refractivity contribution in [2.75, 3.05) is 6.61 Å². The third kappa shape index (κ3) is 4.31. The lowest BCUT2D eigenvalue weighted by Crippen LogP contribution is -2.02. The minimum atomic E-state index is -0.239. The molecule has 0 spiro atoms. The molecule has 1 aromatic carbocycles. The van der Waals surface area contributed by atoms with Gasteiger partial charge in [-0.1, -0.05) is 36.4 Å². The number of nitrogens with zero attached hydrogens (tertiary/aromatic N) is 1. The van der Waals surface area contributed by atoms with Gasteiger partial charge in [-0.3, -0.25) is 4.79 Å². The Balaban J connectivity index is 2.00. The second-order valence-electron chi connectivity index (χ2n) is 4.39. The standard InChI is InChI=1S/C16H17NO2S/c1-12-15(10-11-19-13(2)18)20-16(17-12)9-8-14-6-4-3-5-7-14/h3-9H,10-11H2,1-2H3/b9-8+. The summed E-state index contributed by atoms with van der Waals surface area (Å²) in [6, 6.07) is 10.1. The highest BCUT2D eigenvalue weighted by Crippen LogP contribution is 2.20. The van der Waals surface area contributed by atoms with Gasteiger partial charge in [0, 0.05) is 18.2 Å². The molecule has 1 heterocycles. The zero-order valence-corrected chi connectivity index (χ0v) is 12.4. The van der Waals surface area contributed by atoms with Crippen LogP contribution >= 0.6 is 11.3 Å². The molecule has 2 aromatic rings. The lowest BCUT2D eigenvalue weighted by Gasteiger charge is -1.99. The zero-order valence-electron chi connectivity index (χ0n) is 11.6. The third-order valence-corrected chi connectivity index (χ3v) is 3.94. The van der Waals surface area contributed by atoms with Crippen molar-refractivity contribution in [2.45, 2.75) is 20.3 Å². The molecular formula is C16H17NO2S. The number of rotatable bonds is 5. The van der Waals surface area contributed by atoms with Gasteiger partial charge in [-0.25, -0.2) is 4.98 Å². The first-order valence-electron chi connectivity index (χ1n) is 6.48. The summed E-state index contributed by atoms with van der Waals surface area (Å²) in [4.78, 5) is 16.4. The molecule has 0 bridgehead atoms. The van der Waals surface area contributed by atoms with E-state index in [2.05, 4.69) is 17.1 Å². The predicted molar refractivity (Wildman–Crippen MR) is 82.6 cm³/mol. The smallest absolute Gasteiger partial charge is 0.302 e. The molecule has 0 saturated carbocycles.